The maximum atomic E-state index is 6.56. The first-order valence-electron chi connectivity index (χ1n) is 16.2. The van der Waals surface area contributed by atoms with Crippen molar-refractivity contribution in [1.82, 2.24) is 5.32 Å². The summed E-state index contributed by atoms with van der Waals surface area (Å²) in [6, 6.07) is 46.9. The molecule has 1 unspecified atom stereocenters. The normalized spacial score (nSPS) is 15.9. The number of rotatable bonds is 4. The van der Waals surface area contributed by atoms with Crippen molar-refractivity contribution >= 4 is 76.4 Å². The Morgan fingerprint density at radius 2 is 1.52 bits per heavy atom. The number of benzene rings is 6. The third-order valence-electron chi connectivity index (χ3n) is 9.37. The molecule has 0 saturated heterocycles. The molecule has 0 spiro atoms. The van der Waals surface area contributed by atoms with Crippen molar-refractivity contribution in [1.29, 1.82) is 0 Å². The summed E-state index contributed by atoms with van der Waals surface area (Å²) in [7, 11) is 0. The highest BCUT2D eigenvalue weighted by molar-refractivity contribution is 7.26. The number of furan rings is 1. The predicted octanol–water partition coefficient (Wildman–Crippen LogP) is 10.6. The molecular weight excluding hydrogens is 609 g/mol. The van der Waals surface area contributed by atoms with E-state index in [-0.39, 0.29) is 6.17 Å². The van der Waals surface area contributed by atoms with Crippen molar-refractivity contribution in [2.75, 3.05) is 11.9 Å². The number of hydrogen-bond donors (Lipinski definition) is 2. The summed E-state index contributed by atoms with van der Waals surface area (Å²) in [5, 5.41) is 13.4. The highest BCUT2D eigenvalue weighted by Gasteiger charge is 2.29. The Labute approximate surface area is 280 Å². The van der Waals surface area contributed by atoms with Crippen LogP contribution in [0.3, 0.4) is 0 Å². The minimum absolute atomic E-state index is 0.267. The molecule has 1 atom stereocenters. The first kappa shape index (κ1) is 27.2. The molecular formula is C42H28N4OS. The summed E-state index contributed by atoms with van der Waals surface area (Å²) in [6.07, 6.45) is 1.92. The number of anilines is 1. The first-order chi connectivity index (χ1) is 23.8. The number of amidine groups is 2. The number of fused-ring (bicyclic) bond motifs is 8. The summed E-state index contributed by atoms with van der Waals surface area (Å²) in [5.74, 6) is 2.25. The SMILES string of the molecule is C1=C(C2=NC(c3ccccc3)=NC(c3ccccc3)N2)c2c(oc3cc(-c4cccc5c4sc4ccc6ccccc6c45)ccc23)NC1. The summed E-state index contributed by atoms with van der Waals surface area (Å²) in [6.45, 7) is 0.637. The fraction of sp³-hybridized carbons (Fsp3) is 0.0476. The van der Waals surface area contributed by atoms with Crippen molar-refractivity contribution in [3.63, 3.8) is 0 Å². The number of nitrogens with zero attached hydrogens (tertiary/aromatic N) is 2. The van der Waals surface area contributed by atoms with Gasteiger partial charge < -0.3 is 15.1 Å². The van der Waals surface area contributed by atoms with E-state index in [0.717, 1.165) is 50.5 Å². The van der Waals surface area contributed by atoms with Crippen LogP contribution in [0.5, 0.6) is 0 Å². The van der Waals surface area contributed by atoms with Crippen LogP contribution in [0.15, 0.2) is 154 Å². The summed E-state index contributed by atoms with van der Waals surface area (Å²) in [4.78, 5) is 10.1. The van der Waals surface area contributed by atoms with E-state index in [2.05, 4.69) is 114 Å². The van der Waals surface area contributed by atoms with Gasteiger partial charge in [0.05, 0.1) is 5.56 Å². The van der Waals surface area contributed by atoms with Crippen LogP contribution in [0, 0.1) is 0 Å². The van der Waals surface area contributed by atoms with Gasteiger partial charge >= 0.3 is 0 Å². The minimum Gasteiger partial charge on any atom is -0.440 e. The van der Waals surface area contributed by atoms with Gasteiger partial charge in [0.2, 0.25) is 5.88 Å². The standard InChI is InChI=1S/C42H28N4OS/c1-3-11-26(12-4-1)39-44-40(27-13-5-2-6-14-27)46-41(45-39)33-22-23-43-42-37(33)31-20-18-28(24-34(31)47-42)30-16-9-17-32-36-29-15-8-7-10-25(29)19-21-35(36)48-38(30)32/h1-22,24,39,43H,23H2,(H,44,45,46). The Bertz CT molecular complexity index is 2650. The van der Waals surface area contributed by atoms with E-state index >= 15 is 0 Å². The van der Waals surface area contributed by atoms with Crippen LogP contribution in [0.2, 0.25) is 0 Å². The molecule has 228 valence electrons. The van der Waals surface area contributed by atoms with Gasteiger partial charge in [-0.3, -0.25) is 0 Å². The van der Waals surface area contributed by atoms with Crippen LogP contribution in [0.1, 0.15) is 22.9 Å². The molecule has 6 heteroatoms. The smallest absolute Gasteiger partial charge is 0.202 e. The average Bonchev–Trinajstić information content (AvgIpc) is 3.74. The molecule has 2 aliphatic rings. The number of nitrogens with one attached hydrogen (secondary N) is 2. The predicted molar refractivity (Wildman–Crippen MR) is 201 cm³/mol. The van der Waals surface area contributed by atoms with Gasteiger partial charge in [-0.05, 0) is 45.7 Å². The lowest BCUT2D eigenvalue weighted by molar-refractivity contribution is 0.627. The van der Waals surface area contributed by atoms with Crippen molar-refractivity contribution in [3.05, 3.63) is 156 Å². The fourth-order valence-electron chi connectivity index (χ4n) is 7.12. The van der Waals surface area contributed by atoms with E-state index in [0.29, 0.717) is 12.4 Å². The van der Waals surface area contributed by atoms with Gasteiger partial charge in [-0.15, -0.1) is 11.3 Å². The molecule has 2 N–H and O–H groups in total. The number of aliphatic imine (C=N–C) groups is 2. The van der Waals surface area contributed by atoms with Crippen molar-refractivity contribution in [2.24, 2.45) is 9.98 Å². The average molecular weight is 637 g/mol. The molecule has 0 bridgehead atoms. The van der Waals surface area contributed by atoms with Crippen LogP contribution >= 0.6 is 11.3 Å². The van der Waals surface area contributed by atoms with E-state index in [1.807, 2.05) is 47.7 Å². The van der Waals surface area contributed by atoms with Gasteiger partial charge in [-0.1, -0.05) is 121 Å². The zero-order valence-electron chi connectivity index (χ0n) is 25.8. The topological polar surface area (TPSA) is 61.9 Å². The second-order valence-corrected chi connectivity index (χ2v) is 13.2. The lowest BCUT2D eigenvalue weighted by Crippen LogP contribution is -2.34. The minimum atomic E-state index is -0.267. The van der Waals surface area contributed by atoms with E-state index < -0.39 is 0 Å². The third kappa shape index (κ3) is 4.30. The van der Waals surface area contributed by atoms with Crippen molar-refractivity contribution in [3.8, 4) is 11.1 Å². The lowest BCUT2D eigenvalue weighted by Gasteiger charge is -2.26. The highest BCUT2D eigenvalue weighted by Crippen LogP contribution is 2.45. The van der Waals surface area contributed by atoms with E-state index in [1.165, 1.54) is 36.5 Å². The largest absolute Gasteiger partial charge is 0.440 e. The molecule has 6 aromatic carbocycles. The molecule has 10 rings (SSSR count). The molecule has 48 heavy (non-hydrogen) atoms. The van der Waals surface area contributed by atoms with Crippen LogP contribution < -0.4 is 10.6 Å². The zero-order valence-corrected chi connectivity index (χ0v) is 26.6. The Balaban J connectivity index is 1.09. The maximum absolute atomic E-state index is 6.56. The third-order valence-corrected chi connectivity index (χ3v) is 10.6. The quantitative estimate of drug-likeness (QED) is 0.202. The molecule has 0 fully saturated rings. The molecule has 2 aromatic heterocycles. The van der Waals surface area contributed by atoms with E-state index in [9.17, 15) is 0 Å². The Morgan fingerprint density at radius 3 is 2.42 bits per heavy atom. The Hall–Kier alpha value is -5.98. The monoisotopic (exact) mass is 636 g/mol. The Morgan fingerprint density at radius 1 is 0.708 bits per heavy atom. The fourth-order valence-corrected chi connectivity index (χ4v) is 8.38. The van der Waals surface area contributed by atoms with Gasteiger partial charge in [0.1, 0.15) is 17.6 Å². The van der Waals surface area contributed by atoms with Crippen LogP contribution in [0.25, 0.3) is 58.6 Å². The van der Waals surface area contributed by atoms with E-state index in [1.54, 1.807) is 0 Å². The molecule has 0 amide bonds. The number of thiophene rings is 1. The number of hydrogen-bond acceptors (Lipinski definition) is 6. The van der Waals surface area contributed by atoms with Crippen LogP contribution in [0.4, 0.5) is 5.88 Å². The second kappa shape index (κ2) is 10.8. The van der Waals surface area contributed by atoms with Crippen LogP contribution in [-0.4, -0.2) is 18.2 Å². The van der Waals surface area contributed by atoms with Crippen LogP contribution in [-0.2, 0) is 0 Å². The van der Waals surface area contributed by atoms with Gasteiger partial charge in [0.15, 0.2) is 5.84 Å². The zero-order chi connectivity index (χ0) is 31.6. The Kier molecular flexibility index (Phi) is 6.11. The van der Waals surface area contributed by atoms with Crippen molar-refractivity contribution < 1.29 is 4.42 Å². The molecule has 8 aromatic rings. The highest BCUT2D eigenvalue weighted by atomic mass is 32.1. The van der Waals surface area contributed by atoms with Gasteiger partial charge in [0.25, 0.3) is 0 Å². The molecule has 0 radical (unpaired) electrons. The lowest BCUT2D eigenvalue weighted by atomic mass is 9.96. The van der Waals surface area contributed by atoms with Gasteiger partial charge in [0, 0.05) is 43.2 Å². The summed E-state index contributed by atoms with van der Waals surface area (Å²) < 4.78 is 9.16. The second-order valence-electron chi connectivity index (χ2n) is 12.2. The van der Waals surface area contributed by atoms with Gasteiger partial charge in [-0.2, -0.15) is 0 Å². The maximum Gasteiger partial charge on any atom is 0.202 e. The molecule has 5 nitrogen and oxygen atoms in total. The molecule has 0 saturated carbocycles. The molecule has 2 aliphatic heterocycles. The molecule has 4 heterocycles. The summed E-state index contributed by atoms with van der Waals surface area (Å²) in [5.41, 5.74) is 7.28. The molecule has 0 aliphatic carbocycles. The first-order valence-corrected chi connectivity index (χ1v) is 17.0. The van der Waals surface area contributed by atoms with E-state index in [4.69, 9.17) is 14.4 Å². The van der Waals surface area contributed by atoms with Crippen molar-refractivity contribution in [2.45, 2.75) is 6.17 Å². The van der Waals surface area contributed by atoms with Gasteiger partial charge in [-0.25, -0.2) is 9.98 Å². The summed E-state index contributed by atoms with van der Waals surface area (Å²) >= 11 is 1.86.